The van der Waals surface area contributed by atoms with Crippen LogP contribution < -0.4 is 10.6 Å². The van der Waals surface area contributed by atoms with Gasteiger partial charge in [-0.3, -0.25) is 14.4 Å². The molecule has 8 nitrogen and oxygen atoms in total. The van der Waals surface area contributed by atoms with Crippen LogP contribution >= 0.6 is 0 Å². The minimum atomic E-state index is -0.728. The van der Waals surface area contributed by atoms with E-state index in [0.29, 0.717) is 32.1 Å². The normalized spacial score (nSPS) is 13.5. The maximum atomic E-state index is 13.7. The molecule has 0 radical (unpaired) electrons. The molecule has 0 saturated carbocycles. The molecule has 0 fully saturated rings. The van der Waals surface area contributed by atoms with Crippen molar-refractivity contribution in [3.05, 3.63) is 133 Å². The van der Waals surface area contributed by atoms with Crippen molar-refractivity contribution in [3.8, 4) is 0 Å². The number of H-pyrrole nitrogens is 1. The molecule has 4 atom stereocenters. The largest absolute Gasteiger partial charge is 0.463 e. The summed E-state index contributed by atoms with van der Waals surface area (Å²) >= 11 is 0. The Hall–Kier alpha value is -5.02. The van der Waals surface area contributed by atoms with E-state index >= 15 is 0 Å². The molecule has 1 heterocycles. The number of hydrogen-bond donors (Lipinski definition) is 4. The van der Waals surface area contributed by atoms with Gasteiger partial charge in [-0.2, -0.15) is 0 Å². The zero-order valence-electron chi connectivity index (χ0n) is 27.8. The molecule has 0 saturated heterocycles. The smallest absolute Gasteiger partial charge is 0.309 e. The Bertz CT molecular complexity index is 1670. The fraction of sp³-hybridized carbons (Fsp3) is 0.325. The lowest BCUT2D eigenvalue weighted by Gasteiger charge is -2.24. The number of nitrogens with one attached hydrogen (secondary N) is 3. The predicted octanol–water partition coefficient (Wildman–Crippen LogP) is 6.00. The number of esters is 1. The number of aliphatic hydroxyl groups is 1. The Balaban J connectivity index is 1.46. The topological polar surface area (TPSA) is 121 Å². The summed E-state index contributed by atoms with van der Waals surface area (Å²) in [7, 11) is 0. The second-order valence-electron chi connectivity index (χ2n) is 12.4. The van der Waals surface area contributed by atoms with Crippen LogP contribution in [-0.4, -0.2) is 53.2 Å². The Morgan fingerprint density at radius 2 is 1.55 bits per heavy atom. The molecular formula is C40H46FN3O5. The zero-order valence-corrected chi connectivity index (χ0v) is 27.8. The third-order valence-corrected chi connectivity index (χ3v) is 8.53. The highest BCUT2D eigenvalue weighted by molar-refractivity contribution is 5.87. The average molecular weight is 668 g/mol. The lowest BCUT2D eigenvalue weighted by atomic mass is 9.94. The molecule has 49 heavy (non-hydrogen) atoms. The van der Waals surface area contributed by atoms with E-state index in [2.05, 4.69) is 28.8 Å². The molecule has 0 aliphatic heterocycles. The molecule has 4 N–H and O–H groups in total. The molecule has 0 aliphatic rings. The first kappa shape index (κ1) is 36.8. The van der Waals surface area contributed by atoms with Crippen LogP contribution in [0.3, 0.4) is 0 Å². The van der Waals surface area contributed by atoms with Crippen LogP contribution in [0.15, 0.2) is 110 Å². The third-order valence-electron chi connectivity index (χ3n) is 8.53. The van der Waals surface area contributed by atoms with Crippen molar-refractivity contribution in [2.45, 2.75) is 57.0 Å². The number of aliphatic hydroxyl groups excluding tert-OH is 1. The van der Waals surface area contributed by atoms with Gasteiger partial charge in [-0.15, -0.1) is 13.2 Å². The highest BCUT2D eigenvalue weighted by Gasteiger charge is 2.27. The number of halogens is 1. The standard InChI is InChI=1S/C40H46FN3O5/c1-3-5-14-31(21-29-17-19-33(41)20-18-29)40(48)49-27-35(23-32-25-42-37-16-10-9-15-36(32)37)44-39(47)30(11-4-2)24-38(46)43-34(26-45)22-28-12-7-6-8-13-28/h3-4,6-10,12-13,15-20,25,30-31,34-35,42,45H,1-2,5,11,14,21-24,26-27H2,(H,43,46)(H,44,47)/t30-,31-,34+,35+/m1/s1. The number of amides is 2. The van der Waals surface area contributed by atoms with Gasteiger partial charge in [0.15, 0.2) is 0 Å². The van der Waals surface area contributed by atoms with E-state index < -0.39 is 29.9 Å². The molecule has 0 aliphatic carbocycles. The quantitative estimate of drug-likeness (QED) is 0.0681. The van der Waals surface area contributed by atoms with Crippen LogP contribution in [-0.2, 0) is 38.4 Å². The minimum Gasteiger partial charge on any atom is -0.463 e. The van der Waals surface area contributed by atoms with Gasteiger partial charge < -0.3 is 25.5 Å². The number of aromatic amines is 1. The monoisotopic (exact) mass is 667 g/mol. The van der Waals surface area contributed by atoms with Crippen molar-refractivity contribution in [1.82, 2.24) is 15.6 Å². The summed E-state index contributed by atoms with van der Waals surface area (Å²) in [6, 6.07) is 22.3. The van der Waals surface area contributed by atoms with Crippen molar-refractivity contribution in [3.63, 3.8) is 0 Å². The Labute approximate surface area is 287 Å². The molecule has 2 amide bonds. The van der Waals surface area contributed by atoms with Gasteiger partial charge >= 0.3 is 5.97 Å². The number of allylic oxidation sites excluding steroid dienone is 2. The lowest BCUT2D eigenvalue weighted by Crippen LogP contribution is -2.45. The fourth-order valence-corrected chi connectivity index (χ4v) is 5.92. The number of rotatable bonds is 20. The molecular weight excluding hydrogens is 621 g/mol. The first-order chi connectivity index (χ1) is 23.8. The molecule has 1 aromatic heterocycles. The van der Waals surface area contributed by atoms with E-state index in [1.54, 1.807) is 24.3 Å². The second-order valence-corrected chi connectivity index (χ2v) is 12.4. The molecule has 0 bridgehead atoms. The first-order valence-electron chi connectivity index (χ1n) is 16.7. The fourth-order valence-electron chi connectivity index (χ4n) is 5.92. The van der Waals surface area contributed by atoms with Crippen LogP contribution in [0, 0.1) is 17.7 Å². The average Bonchev–Trinajstić information content (AvgIpc) is 3.52. The molecule has 0 spiro atoms. The summed E-state index contributed by atoms with van der Waals surface area (Å²) < 4.78 is 19.4. The van der Waals surface area contributed by atoms with Gasteiger partial charge in [-0.25, -0.2) is 4.39 Å². The molecule has 258 valence electrons. The second kappa shape index (κ2) is 19.1. The van der Waals surface area contributed by atoms with Crippen molar-refractivity contribution < 1.29 is 28.6 Å². The summed E-state index contributed by atoms with van der Waals surface area (Å²) in [5.74, 6) is -2.71. The predicted molar refractivity (Wildman–Crippen MR) is 190 cm³/mol. The van der Waals surface area contributed by atoms with Crippen LogP contribution in [0.1, 0.15) is 42.4 Å². The molecule has 0 unspecified atom stereocenters. The molecule has 4 rings (SSSR count). The highest BCUT2D eigenvalue weighted by Crippen LogP contribution is 2.21. The first-order valence-corrected chi connectivity index (χ1v) is 16.7. The summed E-state index contributed by atoms with van der Waals surface area (Å²) in [6.45, 7) is 7.23. The number of benzene rings is 3. The zero-order chi connectivity index (χ0) is 35.0. The SMILES string of the molecule is C=CCC[C@H](Cc1ccc(F)cc1)C(=O)OC[C@H](Cc1c[nH]c2ccccc12)NC(=O)[C@H](CC=C)CC(=O)N[C@H](CO)Cc1ccccc1. The molecule has 3 aromatic carbocycles. The number of carbonyl (C=O) groups is 3. The summed E-state index contributed by atoms with van der Waals surface area (Å²) in [4.78, 5) is 43.5. The lowest BCUT2D eigenvalue weighted by molar-refractivity contribution is -0.150. The summed E-state index contributed by atoms with van der Waals surface area (Å²) in [5, 5.41) is 16.8. The minimum absolute atomic E-state index is 0.0885. The summed E-state index contributed by atoms with van der Waals surface area (Å²) in [5.41, 5.74) is 3.67. The van der Waals surface area contributed by atoms with Crippen molar-refractivity contribution in [1.29, 1.82) is 0 Å². The van der Waals surface area contributed by atoms with Gasteiger partial charge in [-0.05, 0) is 73.4 Å². The van der Waals surface area contributed by atoms with E-state index in [-0.39, 0.29) is 43.7 Å². The van der Waals surface area contributed by atoms with Crippen LogP contribution in [0.5, 0.6) is 0 Å². The van der Waals surface area contributed by atoms with Gasteiger partial charge in [0, 0.05) is 23.5 Å². The van der Waals surface area contributed by atoms with E-state index in [0.717, 1.165) is 27.6 Å². The Morgan fingerprint density at radius 3 is 2.27 bits per heavy atom. The number of carbonyl (C=O) groups excluding carboxylic acids is 3. The third kappa shape index (κ3) is 11.6. The van der Waals surface area contributed by atoms with Gasteiger partial charge in [0.05, 0.1) is 30.5 Å². The van der Waals surface area contributed by atoms with E-state index in [4.69, 9.17) is 4.74 Å². The maximum Gasteiger partial charge on any atom is 0.309 e. The number of ether oxygens (including phenoxy) is 1. The summed E-state index contributed by atoms with van der Waals surface area (Å²) in [6.07, 6.45) is 7.67. The van der Waals surface area contributed by atoms with E-state index in [1.807, 2.05) is 60.8 Å². The number of hydrogen-bond acceptors (Lipinski definition) is 5. The van der Waals surface area contributed by atoms with Gasteiger partial charge in [0.25, 0.3) is 0 Å². The van der Waals surface area contributed by atoms with Crippen LogP contribution in [0.4, 0.5) is 4.39 Å². The number of fused-ring (bicyclic) bond motifs is 1. The van der Waals surface area contributed by atoms with Crippen molar-refractivity contribution >= 4 is 28.7 Å². The maximum absolute atomic E-state index is 13.7. The van der Waals surface area contributed by atoms with Crippen molar-refractivity contribution in [2.24, 2.45) is 11.8 Å². The van der Waals surface area contributed by atoms with Crippen LogP contribution in [0.25, 0.3) is 10.9 Å². The van der Waals surface area contributed by atoms with E-state index in [9.17, 15) is 23.9 Å². The number of aromatic nitrogens is 1. The molecule has 4 aromatic rings. The Kier molecular flexibility index (Phi) is 14.3. The van der Waals surface area contributed by atoms with Crippen molar-refractivity contribution in [2.75, 3.05) is 13.2 Å². The Morgan fingerprint density at radius 1 is 0.837 bits per heavy atom. The van der Waals surface area contributed by atoms with Gasteiger partial charge in [-0.1, -0.05) is 72.8 Å². The van der Waals surface area contributed by atoms with Gasteiger partial charge in [0.1, 0.15) is 12.4 Å². The van der Waals surface area contributed by atoms with E-state index in [1.165, 1.54) is 12.1 Å². The number of para-hydroxylation sites is 1. The van der Waals surface area contributed by atoms with Gasteiger partial charge in [0.2, 0.25) is 11.8 Å². The molecule has 9 heteroatoms. The highest BCUT2D eigenvalue weighted by atomic mass is 19.1. The van der Waals surface area contributed by atoms with Crippen LogP contribution in [0.2, 0.25) is 0 Å².